The van der Waals surface area contributed by atoms with Gasteiger partial charge in [-0.2, -0.15) is 0 Å². The molecule has 1 aromatic rings. The number of nitrogens with zero attached hydrogens (tertiary/aromatic N) is 1. The highest BCUT2D eigenvalue weighted by molar-refractivity contribution is 5.78. The van der Waals surface area contributed by atoms with E-state index >= 15 is 0 Å². The summed E-state index contributed by atoms with van der Waals surface area (Å²) < 4.78 is 0. The van der Waals surface area contributed by atoms with Gasteiger partial charge in [-0.25, -0.2) is 0 Å². The molecule has 0 aromatic heterocycles. The number of rotatable bonds is 7. The molecule has 3 aliphatic rings. The Labute approximate surface area is 145 Å². The number of benzene rings is 1. The van der Waals surface area contributed by atoms with Crippen LogP contribution in [-0.2, 0) is 11.2 Å². The first-order valence-electron chi connectivity index (χ1n) is 9.87. The van der Waals surface area contributed by atoms with Crippen LogP contribution < -0.4 is 5.32 Å². The Morgan fingerprint density at radius 1 is 1.04 bits per heavy atom. The minimum atomic E-state index is 0.263. The fourth-order valence-electron chi connectivity index (χ4n) is 4.33. The lowest BCUT2D eigenvalue weighted by molar-refractivity contribution is -0.124. The van der Waals surface area contributed by atoms with E-state index in [-0.39, 0.29) is 5.91 Å². The SMILES string of the molecule is O=C(CN1CCCC[C@@H]1Cc1ccccc1)NC(C1CC1)C1CC1. The van der Waals surface area contributed by atoms with Gasteiger partial charge < -0.3 is 5.32 Å². The molecule has 0 radical (unpaired) electrons. The van der Waals surface area contributed by atoms with E-state index in [2.05, 4.69) is 40.5 Å². The Hall–Kier alpha value is -1.35. The first kappa shape index (κ1) is 16.1. The molecule has 0 unspecified atom stereocenters. The van der Waals surface area contributed by atoms with E-state index in [1.54, 1.807) is 0 Å². The van der Waals surface area contributed by atoms with Crippen molar-refractivity contribution < 1.29 is 4.79 Å². The quantitative estimate of drug-likeness (QED) is 0.833. The predicted octanol–water partition coefficient (Wildman–Crippen LogP) is 3.39. The molecular formula is C21H30N2O. The molecule has 3 nitrogen and oxygen atoms in total. The first-order chi connectivity index (χ1) is 11.8. The number of hydrogen-bond donors (Lipinski definition) is 1. The van der Waals surface area contributed by atoms with Crippen LogP contribution in [0.1, 0.15) is 50.5 Å². The number of nitrogens with one attached hydrogen (secondary N) is 1. The van der Waals surface area contributed by atoms with Gasteiger partial charge in [0.2, 0.25) is 5.91 Å². The van der Waals surface area contributed by atoms with E-state index < -0.39 is 0 Å². The largest absolute Gasteiger partial charge is 0.352 e. The Bertz CT molecular complexity index is 538. The van der Waals surface area contributed by atoms with Crippen molar-refractivity contribution in [3.05, 3.63) is 35.9 Å². The van der Waals surface area contributed by atoms with Crippen LogP contribution in [0.25, 0.3) is 0 Å². The van der Waals surface area contributed by atoms with Crippen molar-refractivity contribution in [1.82, 2.24) is 10.2 Å². The van der Waals surface area contributed by atoms with Crippen LogP contribution in [-0.4, -0.2) is 36.0 Å². The Morgan fingerprint density at radius 2 is 1.75 bits per heavy atom. The maximum Gasteiger partial charge on any atom is 0.234 e. The van der Waals surface area contributed by atoms with Crippen molar-refractivity contribution >= 4 is 5.91 Å². The van der Waals surface area contributed by atoms with Gasteiger partial charge in [-0.15, -0.1) is 0 Å². The third kappa shape index (κ3) is 4.18. The zero-order chi connectivity index (χ0) is 16.4. The van der Waals surface area contributed by atoms with Gasteiger partial charge >= 0.3 is 0 Å². The predicted molar refractivity (Wildman–Crippen MR) is 96.7 cm³/mol. The van der Waals surface area contributed by atoms with Crippen molar-refractivity contribution in [3.8, 4) is 0 Å². The first-order valence-corrected chi connectivity index (χ1v) is 9.87. The van der Waals surface area contributed by atoms with Gasteiger partial charge in [0.1, 0.15) is 0 Å². The van der Waals surface area contributed by atoms with E-state index in [4.69, 9.17) is 0 Å². The Morgan fingerprint density at radius 3 is 2.42 bits per heavy atom. The maximum atomic E-state index is 12.6. The van der Waals surface area contributed by atoms with Gasteiger partial charge in [-0.1, -0.05) is 36.8 Å². The van der Waals surface area contributed by atoms with Gasteiger partial charge in [-0.05, 0) is 68.9 Å². The number of carbonyl (C=O) groups excluding carboxylic acids is 1. The summed E-state index contributed by atoms with van der Waals surface area (Å²) >= 11 is 0. The summed E-state index contributed by atoms with van der Waals surface area (Å²) in [5.41, 5.74) is 1.39. The standard InChI is InChI=1S/C21H30N2O/c24-20(22-21(17-9-10-17)18-11-12-18)15-23-13-5-4-8-19(23)14-16-6-2-1-3-7-16/h1-3,6-7,17-19,21H,4-5,8-15H2,(H,22,24)/t19-/m1/s1. The summed E-state index contributed by atoms with van der Waals surface area (Å²) in [7, 11) is 0. The number of amides is 1. The summed E-state index contributed by atoms with van der Waals surface area (Å²) in [6.45, 7) is 1.66. The Balaban J connectivity index is 1.33. The smallest absolute Gasteiger partial charge is 0.234 e. The molecule has 1 saturated heterocycles. The minimum absolute atomic E-state index is 0.263. The molecular weight excluding hydrogens is 296 g/mol. The lowest BCUT2D eigenvalue weighted by atomic mass is 9.95. The fourth-order valence-corrected chi connectivity index (χ4v) is 4.33. The van der Waals surface area contributed by atoms with Crippen LogP contribution in [0.5, 0.6) is 0 Å². The monoisotopic (exact) mass is 326 g/mol. The second kappa shape index (κ2) is 7.26. The molecule has 0 spiro atoms. The molecule has 1 aromatic carbocycles. The van der Waals surface area contributed by atoms with Crippen LogP contribution in [0.2, 0.25) is 0 Å². The van der Waals surface area contributed by atoms with Crippen molar-refractivity contribution in [3.63, 3.8) is 0 Å². The molecule has 130 valence electrons. The van der Waals surface area contributed by atoms with E-state index in [0.29, 0.717) is 18.6 Å². The van der Waals surface area contributed by atoms with Crippen molar-refractivity contribution in [2.75, 3.05) is 13.1 Å². The molecule has 1 N–H and O–H groups in total. The fraction of sp³-hybridized carbons (Fsp3) is 0.667. The summed E-state index contributed by atoms with van der Waals surface area (Å²) in [5, 5.41) is 3.39. The van der Waals surface area contributed by atoms with E-state index in [1.165, 1.54) is 50.5 Å². The summed E-state index contributed by atoms with van der Waals surface area (Å²) in [5.74, 6) is 1.82. The molecule has 2 aliphatic carbocycles. The number of piperidine rings is 1. The second-order valence-corrected chi connectivity index (χ2v) is 8.08. The van der Waals surface area contributed by atoms with Crippen LogP contribution in [0.4, 0.5) is 0 Å². The number of likely N-dealkylation sites (tertiary alicyclic amines) is 1. The van der Waals surface area contributed by atoms with E-state index in [0.717, 1.165) is 24.8 Å². The maximum absolute atomic E-state index is 12.6. The molecule has 4 rings (SSSR count). The van der Waals surface area contributed by atoms with Crippen LogP contribution >= 0.6 is 0 Å². The highest BCUT2D eigenvalue weighted by Gasteiger charge is 2.42. The lowest BCUT2D eigenvalue weighted by Gasteiger charge is -2.35. The highest BCUT2D eigenvalue weighted by atomic mass is 16.2. The molecule has 1 aliphatic heterocycles. The van der Waals surface area contributed by atoms with Gasteiger partial charge in [0, 0.05) is 12.1 Å². The van der Waals surface area contributed by atoms with Gasteiger partial charge in [0.15, 0.2) is 0 Å². The highest BCUT2D eigenvalue weighted by Crippen LogP contribution is 2.44. The third-order valence-corrected chi connectivity index (χ3v) is 6.00. The van der Waals surface area contributed by atoms with E-state index in [9.17, 15) is 4.79 Å². The topological polar surface area (TPSA) is 32.3 Å². The molecule has 1 atom stereocenters. The zero-order valence-corrected chi connectivity index (χ0v) is 14.6. The summed E-state index contributed by atoms with van der Waals surface area (Å²) in [6.07, 6.45) is 10.1. The molecule has 1 amide bonds. The zero-order valence-electron chi connectivity index (χ0n) is 14.6. The van der Waals surface area contributed by atoms with Crippen LogP contribution in [0, 0.1) is 11.8 Å². The molecule has 3 fully saturated rings. The number of hydrogen-bond acceptors (Lipinski definition) is 2. The Kier molecular flexibility index (Phi) is 4.88. The molecule has 0 bridgehead atoms. The van der Waals surface area contributed by atoms with Gasteiger partial charge in [0.25, 0.3) is 0 Å². The summed E-state index contributed by atoms with van der Waals surface area (Å²) in [4.78, 5) is 15.1. The minimum Gasteiger partial charge on any atom is -0.352 e. The average Bonchev–Trinajstić information content (AvgIpc) is 3.49. The normalized spacial score (nSPS) is 25.0. The summed E-state index contributed by atoms with van der Waals surface area (Å²) in [6, 6.07) is 11.7. The number of carbonyl (C=O) groups is 1. The van der Waals surface area contributed by atoms with Crippen molar-refractivity contribution in [2.24, 2.45) is 11.8 Å². The van der Waals surface area contributed by atoms with E-state index in [1.807, 2.05) is 0 Å². The van der Waals surface area contributed by atoms with Crippen LogP contribution in [0.15, 0.2) is 30.3 Å². The molecule has 24 heavy (non-hydrogen) atoms. The average molecular weight is 326 g/mol. The molecule has 2 saturated carbocycles. The van der Waals surface area contributed by atoms with Crippen molar-refractivity contribution in [1.29, 1.82) is 0 Å². The van der Waals surface area contributed by atoms with Crippen LogP contribution in [0.3, 0.4) is 0 Å². The van der Waals surface area contributed by atoms with Gasteiger partial charge in [-0.3, -0.25) is 9.69 Å². The second-order valence-electron chi connectivity index (χ2n) is 8.08. The van der Waals surface area contributed by atoms with Crippen molar-refractivity contribution in [2.45, 2.75) is 63.5 Å². The third-order valence-electron chi connectivity index (χ3n) is 6.00. The molecule has 3 heteroatoms. The molecule has 1 heterocycles. The lowest BCUT2D eigenvalue weighted by Crippen LogP contribution is -2.49. The van der Waals surface area contributed by atoms with Gasteiger partial charge in [0.05, 0.1) is 6.54 Å².